The van der Waals surface area contributed by atoms with Gasteiger partial charge in [-0.3, -0.25) is 9.36 Å². The SMILES string of the molecule is COc1cc(-n2c(=O)c3ccccc3n(Cc3ccc(C(C)(C)C)cc3)c2=O)cc(OC)c1OC. The highest BCUT2D eigenvalue weighted by Gasteiger charge is 2.20. The van der Waals surface area contributed by atoms with Gasteiger partial charge in [-0.25, -0.2) is 9.36 Å². The molecule has 7 nitrogen and oxygen atoms in total. The summed E-state index contributed by atoms with van der Waals surface area (Å²) in [5, 5.41) is 0.437. The highest BCUT2D eigenvalue weighted by atomic mass is 16.5. The largest absolute Gasteiger partial charge is 0.493 e. The van der Waals surface area contributed by atoms with Crippen molar-refractivity contribution >= 4 is 10.9 Å². The zero-order valence-corrected chi connectivity index (χ0v) is 20.9. The van der Waals surface area contributed by atoms with Crippen molar-refractivity contribution in [1.82, 2.24) is 9.13 Å². The average molecular weight is 475 g/mol. The van der Waals surface area contributed by atoms with E-state index in [4.69, 9.17) is 14.2 Å². The minimum Gasteiger partial charge on any atom is -0.493 e. The van der Waals surface area contributed by atoms with Gasteiger partial charge in [0.25, 0.3) is 5.56 Å². The van der Waals surface area contributed by atoms with Crippen LogP contribution in [0.4, 0.5) is 0 Å². The Bertz CT molecular complexity index is 1470. The van der Waals surface area contributed by atoms with Crippen molar-refractivity contribution in [2.45, 2.75) is 32.7 Å². The van der Waals surface area contributed by atoms with Gasteiger partial charge in [0.15, 0.2) is 11.5 Å². The van der Waals surface area contributed by atoms with Crippen LogP contribution in [0.25, 0.3) is 16.6 Å². The molecule has 3 aromatic carbocycles. The van der Waals surface area contributed by atoms with Crippen molar-refractivity contribution in [2.24, 2.45) is 0 Å². The molecule has 1 aromatic heterocycles. The fourth-order valence-corrected chi connectivity index (χ4v) is 4.19. The first-order valence-corrected chi connectivity index (χ1v) is 11.3. The second-order valence-electron chi connectivity index (χ2n) is 9.36. The molecule has 0 aliphatic heterocycles. The standard InChI is InChI=1S/C28H30N2O5/c1-28(2,3)19-13-11-18(12-14-19)17-29-22-10-8-7-9-21(22)26(31)30(27(29)32)20-15-23(33-4)25(35-6)24(16-20)34-5/h7-16H,17H2,1-6H3. The number of aromatic nitrogens is 2. The van der Waals surface area contributed by atoms with Crippen molar-refractivity contribution in [3.8, 4) is 22.9 Å². The lowest BCUT2D eigenvalue weighted by Crippen LogP contribution is -2.39. The van der Waals surface area contributed by atoms with Crippen molar-refractivity contribution in [2.75, 3.05) is 21.3 Å². The quantitative estimate of drug-likeness (QED) is 0.411. The lowest BCUT2D eigenvalue weighted by molar-refractivity contribution is 0.324. The van der Waals surface area contributed by atoms with Gasteiger partial charge in [-0.05, 0) is 28.7 Å². The van der Waals surface area contributed by atoms with Gasteiger partial charge < -0.3 is 14.2 Å². The normalized spacial score (nSPS) is 11.5. The number of ether oxygens (including phenoxy) is 3. The van der Waals surface area contributed by atoms with Crippen LogP contribution in [-0.2, 0) is 12.0 Å². The number of hydrogen-bond donors (Lipinski definition) is 0. The molecule has 0 radical (unpaired) electrons. The Balaban J connectivity index is 1.95. The van der Waals surface area contributed by atoms with Gasteiger partial charge in [-0.15, -0.1) is 0 Å². The van der Waals surface area contributed by atoms with Gasteiger partial charge in [-0.2, -0.15) is 0 Å². The Morgan fingerprint density at radius 2 is 1.40 bits per heavy atom. The van der Waals surface area contributed by atoms with Gasteiger partial charge in [0.1, 0.15) is 0 Å². The van der Waals surface area contributed by atoms with Crippen LogP contribution in [0.3, 0.4) is 0 Å². The first-order chi connectivity index (χ1) is 16.7. The Morgan fingerprint density at radius 3 is 1.94 bits per heavy atom. The summed E-state index contributed by atoms with van der Waals surface area (Å²) in [5.74, 6) is 1.09. The summed E-state index contributed by atoms with van der Waals surface area (Å²) in [6.07, 6.45) is 0. The molecule has 35 heavy (non-hydrogen) atoms. The van der Waals surface area contributed by atoms with E-state index in [0.717, 1.165) is 10.1 Å². The second kappa shape index (κ2) is 9.33. The molecule has 1 heterocycles. The molecular weight excluding hydrogens is 444 g/mol. The van der Waals surface area contributed by atoms with Crippen LogP contribution < -0.4 is 25.5 Å². The first-order valence-electron chi connectivity index (χ1n) is 11.3. The summed E-state index contributed by atoms with van der Waals surface area (Å²) in [5.41, 5.74) is 2.23. The third-order valence-electron chi connectivity index (χ3n) is 6.12. The van der Waals surface area contributed by atoms with E-state index in [0.29, 0.717) is 40.4 Å². The number of methoxy groups -OCH3 is 3. The third kappa shape index (κ3) is 4.41. The molecule has 7 heteroatoms. The molecular formula is C28H30N2O5. The maximum Gasteiger partial charge on any atom is 0.336 e. The molecule has 0 aliphatic carbocycles. The molecule has 0 N–H and O–H groups in total. The van der Waals surface area contributed by atoms with Gasteiger partial charge in [0, 0.05) is 12.1 Å². The topological polar surface area (TPSA) is 71.7 Å². The van der Waals surface area contributed by atoms with Crippen molar-refractivity contribution in [3.63, 3.8) is 0 Å². The monoisotopic (exact) mass is 474 g/mol. The highest BCUT2D eigenvalue weighted by Crippen LogP contribution is 2.38. The fraction of sp³-hybridized carbons (Fsp3) is 0.286. The second-order valence-corrected chi connectivity index (χ2v) is 9.36. The van der Waals surface area contributed by atoms with Crippen molar-refractivity contribution < 1.29 is 14.2 Å². The minimum absolute atomic E-state index is 0.0295. The number of rotatable bonds is 6. The Labute approximate surface area is 204 Å². The van der Waals surface area contributed by atoms with Crippen LogP contribution in [-0.4, -0.2) is 30.5 Å². The lowest BCUT2D eigenvalue weighted by Gasteiger charge is -2.20. The smallest absolute Gasteiger partial charge is 0.336 e. The molecule has 0 unspecified atom stereocenters. The number of benzene rings is 3. The number of para-hydroxylation sites is 1. The Kier molecular flexibility index (Phi) is 6.43. The molecule has 0 amide bonds. The Morgan fingerprint density at radius 1 is 0.800 bits per heavy atom. The van der Waals surface area contributed by atoms with Crippen LogP contribution in [0.15, 0.2) is 70.3 Å². The Hall–Kier alpha value is -4.00. The van der Waals surface area contributed by atoms with E-state index in [2.05, 4.69) is 32.9 Å². The van der Waals surface area contributed by atoms with Crippen LogP contribution in [0.2, 0.25) is 0 Å². The molecule has 4 rings (SSSR count). The van der Waals surface area contributed by atoms with Crippen molar-refractivity contribution in [3.05, 3.63) is 92.6 Å². The van der Waals surface area contributed by atoms with Gasteiger partial charge in [0.2, 0.25) is 5.75 Å². The summed E-state index contributed by atoms with van der Waals surface area (Å²) in [4.78, 5) is 27.3. The van der Waals surface area contributed by atoms with E-state index in [1.807, 2.05) is 18.2 Å². The van der Waals surface area contributed by atoms with E-state index >= 15 is 0 Å². The summed E-state index contributed by atoms with van der Waals surface area (Å²) < 4.78 is 19.0. The van der Waals surface area contributed by atoms with E-state index in [9.17, 15) is 9.59 Å². The molecule has 0 aliphatic rings. The molecule has 0 saturated carbocycles. The minimum atomic E-state index is -0.456. The molecule has 182 valence electrons. The zero-order chi connectivity index (χ0) is 25.3. The van der Waals surface area contributed by atoms with Gasteiger partial charge in [-0.1, -0.05) is 57.2 Å². The number of hydrogen-bond acceptors (Lipinski definition) is 5. The predicted octanol–water partition coefficient (Wildman–Crippen LogP) is 4.52. The van der Waals surface area contributed by atoms with E-state index in [-0.39, 0.29) is 5.41 Å². The molecule has 0 atom stereocenters. The maximum atomic E-state index is 13.8. The summed E-state index contributed by atoms with van der Waals surface area (Å²) >= 11 is 0. The number of fused-ring (bicyclic) bond motifs is 1. The first kappa shape index (κ1) is 24.1. The van der Waals surface area contributed by atoms with Crippen LogP contribution in [0.5, 0.6) is 17.2 Å². The van der Waals surface area contributed by atoms with E-state index < -0.39 is 11.2 Å². The fourth-order valence-electron chi connectivity index (χ4n) is 4.19. The maximum absolute atomic E-state index is 13.8. The van der Waals surface area contributed by atoms with Crippen molar-refractivity contribution in [1.29, 1.82) is 0 Å². The molecule has 0 bridgehead atoms. The molecule has 0 saturated heterocycles. The average Bonchev–Trinajstić information content (AvgIpc) is 2.85. The summed E-state index contributed by atoms with van der Waals surface area (Å²) in [6, 6.07) is 18.5. The lowest BCUT2D eigenvalue weighted by atomic mass is 9.87. The van der Waals surface area contributed by atoms with E-state index in [1.54, 1.807) is 34.9 Å². The summed E-state index contributed by atoms with van der Waals surface area (Å²) in [7, 11) is 4.48. The van der Waals surface area contributed by atoms with Gasteiger partial charge >= 0.3 is 5.69 Å². The predicted molar refractivity (Wildman–Crippen MR) is 138 cm³/mol. The molecule has 0 spiro atoms. The van der Waals surface area contributed by atoms with Crippen LogP contribution >= 0.6 is 0 Å². The molecule has 0 fully saturated rings. The van der Waals surface area contributed by atoms with Crippen LogP contribution in [0, 0.1) is 0 Å². The van der Waals surface area contributed by atoms with Gasteiger partial charge in [0.05, 0.1) is 44.5 Å². The number of nitrogens with zero attached hydrogens (tertiary/aromatic N) is 2. The zero-order valence-electron chi connectivity index (χ0n) is 20.9. The summed E-state index contributed by atoms with van der Waals surface area (Å²) in [6.45, 7) is 6.79. The highest BCUT2D eigenvalue weighted by molar-refractivity contribution is 5.78. The van der Waals surface area contributed by atoms with Crippen LogP contribution in [0.1, 0.15) is 31.9 Å². The van der Waals surface area contributed by atoms with E-state index in [1.165, 1.54) is 26.9 Å². The molecule has 4 aromatic rings. The third-order valence-corrected chi connectivity index (χ3v) is 6.12.